The Morgan fingerprint density at radius 3 is 2.60 bits per heavy atom. The minimum Gasteiger partial charge on any atom is -0.479 e. The van der Waals surface area contributed by atoms with Crippen LogP contribution in [0.2, 0.25) is 5.28 Å². The monoisotopic (exact) mass is 591 g/mol. The zero-order valence-electron chi connectivity index (χ0n) is 22.8. The number of carbonyl (C=O) groups is 1. The molecule has 1 aliphatic heterocycles. The summed E-state index contributed by atoms with van der Waals surface area (Å²) in [5.74, 6) is 1.06. The van der Waals surface area contributed by atoms with Crippen LogP contribution in [0.1, 0.15) is 36.4 Å². The maximum absolute atomic E-state index is 12.4. The summed E-state index contributed by atoms with van der Waals surface area (Å²) in [6.07, 6.45) is 7.76. The van der Waals surface area contributed by atoms with E-state index in [1.54, 1.807) is 19.3 Å². The second-order valence-corrected chi connectivity index (χ2v) is 10.5. The number of carboxylic acid groups (broad SMARTS) is 1. The van der Waals surface area contributed by atoms with Crippen LogP contribution in [0.25, 0.3) is 11.2 Å². The van der Waals surface area contributed by atoms with Crippen LogP contribution in [0, 0.1) is 12.3 Å². The van der Waals surface area contributed by atoms with E-state index in [-0.39, 0.29) is 23.8 Å². The molecule has 0 radical (unpaired) electrons. The zero-order valence-corrected chi connectivity index (χ0v) is 23.6. The Morgan fingerprint density at radius 2 is 1.93 bits per heavy atom. The Hall–Kier alpha value is -3.92. The van der Waals surface area contributed by atoms with Crippen molar-refractivity contribution in [2.24, 2.45) is 0 Å². The summed E-state index contributed by atoms with van der Waals surface area (Å²) in [7, 11) is 0. The number of imidazole rings is 1. The topological polar surface area (TPSA) is 153 Å². The first-order valence-corrected chi connectivity index (χ1v) is 13.8. The van der Waals surface area contributed by atoms with Crippen molar-refractivity contribution in [2.45, 2.75) is 62.2 Å². The lowest BCUT2D eigenvalue weighted by Crippen LogP contribution is -2.51. The number of rotatable bonds is 11. The second kappa shape index (κ2) is 12.1. The van der Waals surface area contributed by atoms with E-state index in [2.05, 4.69) is 25.9 Å². The van der Waals surface area contributed by atoms with Gasteiger partial charge in [-0.25, -0.2) is 14.8 Å². The molecule has 1 fully saturated rings. The van der Waals surface area contributed by atoms with E-state index in [9.17, 15) is 20.1 Å². The first-order valence-electron chi connectivity index (χ1n) is 13.4. The second-order valence-electron chi connectivity index (χ2n) is 10.2. The van der Waals surface area contributed by atoms with Gasteiger partial charge in [0.25, 0.3) is 0 Å². The maximum Gasteiger partial charge on any atom is 0.336 e. The van der Waals surface area contributed by atoms with Crippen molar-refractivity contribution in [1.82, 2.24) is 24.5 Å². The highest BCUT2D eigenvalue weighted by atomic mass is 35.5. The number of aliphatic hydroxyl groups excluding tert-OH is 1. The summed E-state index contributed by atoms with van der Waals surface area (Å²) in [4.78, 5) is 29.5. The van der Waals surface area contributed by atoms with Crippen LogP contribution >= 0.6 is 11.6 Å². The van der Waals surface area contributed by atoms with Gasteiger partial charge in [0, 0.05) is 18.8 Å². The lowest BCUT2D eigenvalue weighted by atomic mass is 9.90. The van der Waals surface area contributed by atoms with E-state index in [0.29, 0.717) is 24.1 Å². The molecule has 1 aliphatic rings. The zero-order chi connectivity index (χ0) is 29.9. The number of hydrogen-bond acceptors (Lipinski definition) is 9. The van der Waals surface area contributed by atoms with Crippen molar-refractivity contribution in [2.75, 3.05) is 6.61 Å². The Balaban J connectivity index is 1.40. The minimum absolute atomic E-state index is 0.0244. The highest BCUT2D eigenvalue weighted by Gasteiger charge is 2.56. The number of ether oxygens (including phenoxy) is 2. The third kappa shape index (κ3) is 5.60. The van der Waals surface area contributed by atoms with E-state index < -0.39 is 42.2 Å². The highest BCUT2D eigenvalue weighted by molar-refractivity contribution is 6.28. The summed E-state index contributed by atoms with van der Waals surface area (Å²) in [6, 6.07) is 12.9. The van der Waals surface area contributed by atoms with Crippen molar-refractivity contribution in [3.8, 4) is 12.3 Å². The molecule has 218 valence electrons. The molecule has 1 aromatic carbocycles. The van der Waals surface area contributed by atoms with Gasteiger partial charge >= 0.3 is 5.97 Å². The normalized spacial score (nSPS) is 23.5. The number of fused-ring (bicyclic) bond motifs is 1. The highest BCUT2D eigenvalue weighted by Crippen LogP contribution is 2.39. The molecule has 0 amide bonds. The summed E-state index contributed by atoms with van der Waals surface area (Å²) >= 11 is 6.27. The summed E-state index contributed by atoms with van der Waals surface area (Å²) in [5.41, 5.74) is -0.673. The number of aromatic nitrogens is 5. The molecule has 5 rings (SSSR count). The number of hydrogen-bond donors (Lipinski definition) is 3. The lowest BCUT2D eigenvalue weighted by molar-refractivity contribution is -0.176. The molecule has 0 aliphatic carbocycles. The fraction of sp³-hybridized carbons (Fsp3) is 0.367. The smallest absolute Gasteiger partial charge is 0.336 e. The predicted octanol–water partition coefficient (Wildman–Crippen LogP) is 2.78. The van der Waals surface area contributed by atoms with Gasteiger partial charge in [-0.1, -0.05) is 43.2 Å². The number of nitrogens with zero attached hydrogens (tertiary/aromatic N) is 5. The molecule has 3 N–H and O–H groups in total. The number of carboxylic acids is 1. The van der Waals surface area contributed by atoms with Crippen LogP contribution < -0.4 is 0 Å². The quantitative estimate of drug-likeness (QED) is 0.175. The average Bonchev–Trinajstić information content (AvgIpc) is 3.53. The third-order valence-electron chi connectivity index (χ3n) is 7.69. The maximum atomic E-state index is 12.4. The van der Waals surface area contributed by atoms with Gasteiger partial charge in [0.2, 0.25) is 5.28 Å². The molecule has 4 heterocycles. The molecular weight excluding hydrogens is 562 g/mol. The van der Waals surface area contributed by atoms with Gasteiger partial charge in [-0.05, 0) is 54.1 Å². The van der Waals surface area contributed by atoms with Gasteiger partial charge < -0.3 is 24.8 Å². The fourth-order valence-electron chi connectivity index (χ4n) is 5.16. The molecule has 12 heteroatoms. The van der Waals surface area contributed by atoms with Crippen LogP contribution in [0.5, 0.6) is 0 Å². The van der Waals surface area contributed by atoms with Gasteiger partial charge in [0.15, 0.2) is 23.1 Å². The number of aliphatic carboxylic acids is 1. The van der Waals surface area contributed by atoms with E-state index >= 15 is 0 Å². The largest absolute Gasteiger partial charge is 0.479 e. The van der Waals surface area contributed by atoms with E-state index in [1.165, 1.54) is 10.9 Å². The number of aliphatic hydroxyl groups is 2. The van der Waals surface area contributed by atoms with Gasteiger partial charge in [0.1, 0.15) is 17.7 Å². The molecular formula is C30H30ClN5O6. The first kappa shape index (κ1) is 29.6. The Bertz CT molecular complexity index is 1600. The lowest BCUT2D eigenvalue weighted by Gasteiger charge is -2.32. The molecule has 42 heavy (non-hydrogen) atoms. The number of pyridine rings is 1. The fourth-order valence-corrected chi connectivity index (χ4v) is 5.34. The number of halogens is 1. The molecule has 5 atom stereocenters. The number of benzene rings is 1. The van der Waals surface area contributed by atoms with Gasteiger partial charge in [-0.3, -0.25) is 9.55 Å². The Kier molecular flexibility index (Phi) is 8.54. The van der Waals surface area contributed by atoms with Gasteiger partial charge in [-0.2, -0.15) is 4.98 Å². The van der Waals surface area contributed by atoms with E-state index in [4.69, 9.17) is 27.5 Å². The van der Waals surface area contributed by atoms with E-state index in [1.807, 2.05) is 42.5 Å². The Labute approximate surface area is 247 Å². The van der Waals surface area contributed by atoms with E-state index in [0.717, 1.165) is 11.1 Å². The SMILES string of the molecule is C#C[C@@]1(O)[C@@H](COC(CC)(Cc2ccccc2)C(=O)O)O[C@@H](n2cnc3c(CCc4ccncc4)nc(Cl)nc32)[C@@H]1O. The number of terminal acetylenes is 1. The molecule has 0 bridgehead atoms. The third-order valence-corrected chi connectivity index (χ3v) is 7.86. The van der Waals surface area contributed by atoms with Gasteiger partial charge in [-0.15, -0.1) is 6.42 Å². The first-order chi connectivity index (χ1) is 20.2. The van der Waals surface area contributed by atoms with Crippen molar-refractivity contribution >= 4 is 28.7 Å². The predicted molar refractivity (Wildman–Crippen MR) is 152 cm³/mol. The van der Waals surface area contributed by atoms with Crippen molar-refractivity contribution in [3.63, 3.8) is 0 Å². The molecule has 1 unspecified atom stereocenters. The number of aryl methyl sites for hydroxylation is 2. The molecule has 0 spiro atoms. The molecule has 0 saturated carbocycles. The molecule has 11 nitrogen and oxygen atoms in total. The molecule has 1 saturated heterocycles. The minimum atomic E-state index is -2.20. The summed E-state index contributed by atoms with van der Waals surface area (Å²) in [5, 5.41) is 32.7. The standard InChI is InChI=1S/C30H30ClN5O6/c1-3-29(27(38)39,16-20-8-6-5-7-9-20)41-17-22-30(40,4-2)24(37)26(42-22)36-18-33-23-21(34-28(31)35-25(23)36)11-10-19-12-14-32-15-13-19/h2,5-9,12-15,18,22,24,26,37,40H,3,10-11,16-17H2,1H3,(H,38,39)/t22-,24+,26-,29?,30-/m1/s1. The van der Waals surface area contributed by atoms with Gasteiger partial charge in [0.05, 0.1) is 18.6 Å². The summed E-state index contributed by atoms with van der Waals surface area (Å²) in [6.45, 7) is 1.30. The molecule has 4 aromatic rings. The van der Waals surface area contributed by atoms with Crippen LogP contribution in [0.4, 0.5) is 0 Å². The van der Waals surface area contributed by atoms with Crippen LogP contribution in [-0.2, 0) is 33.5 Å². The van der Waals surface area contributed by atoms with Crippen LogP contribution in [0.15, 0.2) is 61.2 Å². The van der Waals surface area contributed by atoms with Crippen LogP contribution in [0.3, 0.4) is 0 Å². The van der Waals surface area contributed by atoms with Crippen molar-refractivity contribution < 1.29 is 29.6 Å². The average molecular weight is 592 g/mol. The Morgan fingerprint density at radius 1 is 1.19 bits per heavy atom. The van der Waals surface area contributed by atoms with Crippen molar-refractivity contribution in [3.05, 3.63) is 83.3 Å². The summed E-state index contributed by atoms with van der Waals surface area (Å²) < 4.78 is 13.5. The molecule has 3 aromatic heterocycles. The van der Waals surface area contributed by atoms with Crippen LogP contribution in [-0.4, -0.2) is 75.8 Å². The van der Waals surface area contributed by atoms with Crippen molar-refractivity contribution in [1.29, 1.82) is 0 Å².